The van der Waals surface area contributed by atoms with Gasteiger partial charge < -0.3 is 25.3 Å². The van der Waals surface area contributed by atoms with Crippen LogP contribution in [0.3, 0.4) is 0 Å². The number of guanidine groups is 1. The van der Waals surface area contributed by atoms with Crippen molar-refractivity contribution >= 4 is 17.8 Å². The van der Waals surface area contributed by atoms with E-state index in [1.807, 2.05) is 6.92 Å². The van der Waals surface area contributed by atoms with Crippen molar-refractivity contribution < 1.29 is 14.0 Å². The standard InChI is InChI=1S/C19H31N5O3/c1-4-20-18(22-12-11-21-16(25)15-8-7-13-27-15)23-14-19(9-5-6-10-19)17(26)24(2)3/h7-8,13H,4-6,9-12,14H2,1-3H3,(H,21,25)(H2,20,22,23). The molecule has 2 rings (SSSR count). The van der Waals surface area contributed by atoms with Crippen molar-refractivity contribution in [3.8, 4) is 0 Å². The highest BCUT2D eigenvalue weighted by Gasteiger charge is 2.42. The maximum atomic E-state index is 12.6. The molecule has 1 aliphatic rings. The number of nitrogens with one attached hydrogen (secondary N) is 3. The Morgan fingerprint density at radius 1 is 1.19 bits per heavy atom. The van der Waals surface area contributed by atoms with Crippen LogP contribution in [0.2, 0.25) is 0 Å². The number of aliphatic imine (C=N–C) groups is 1. The first-order valence-corrected chi connectivity index (χ1v) is 9.54. The van der Waals surface area contributed by atoms with Gasteiger partial charge in [0.1, 0.15) is 0 Å². The summed E-state index contributed by atoms with van der Waals surface area (Å²) in [5, 5.41) is 9.17. The number of hydrogen-bond acceptors (Lipinski definition) is 4. The van der Waals surface area contributed by atoms with Gasteiger partial charge in [0.25, 0.3) is 5.91 Å². The van der Waals surface area contributed by atoms with Gasteiger partial charge in [-0.15, -0.1) is 0 Å². The van der Waals surface area contributed by atoms with E-state index in [-0.39, 0.29) is 17.2 Å². The molecule has 0 bridgehead atoms. The average molecular weight is 377 g/mol. The van der Waals surface area contributed by atoms with Crippen LogP contribution in [-0.4, -0.2) is 62.9 Å². The first kappa shape index (κ1) is 20.8. The predicted octanol–water partition coefficient (Wildman–Crippen LogP) is 1.21. The summed E-state index contributed by atoms with van der Waals surface area (Å²) in [6.07, 6.45) is 5.37. The summed E-state index contributed by atoms with van der Waals surface area (Å²) >= 11 is 0. The van der Waals surface area contributed by atoms with E-state index in [4.69, 9.17) is 4.42 Å². The lowest BCUT2D eigenvalue weighted by molar-refractivity contribution is -0.138. The van der Waals surface area contributed by atoms with Crippen molar-refractivity contribution in [2.45, 2.75) is 32.6 Å². The smallest absolute Gasteiger partial charge is 0.287 e. The number of amides is 2. The largest absolute Gasteiger partial charge is 0.459 e. The molecule has 8 nitrogen and oxygen atoms in total. The third-order valence-electron chi connectivity index (χ3n) is 4.75. The summed E-state index contributed by atoms with van der Waals surface area (Å²) in [5.74, 6) is 0.860. The van der Waals surface area contributed by atoms with Gasteiger partial charge in [0, 0.05) is 33.7 Å². The summed E-state index contributed by atoms with van der Waals surface area (Å²) < 4.78 is 5.06. The maximum absolute atomic E-state index is 12.6. The topological polar surface area (TPSA) is 99.0 Å². The van der Waals surface area contributed by atoms with Crippen LogP contribution in [0, 0.1) is 5.41 Å². The molecular formula is C19H31N5O3. The molecule has 1 saturated carbocycles. The SMILES string of the molecule is CCNC(=NCC1(C(=O)N(C)C)CCCC1)NCCNC(=O)c1ccco1. The van der Waals surface area contributed by atoms with Gasteiger partial charge in [0.05, 0.1) is 18.2 Å². The monoisotopic (exact) mass is 377 g/mol. The van der Waals surface area contributed by atoms with Crippen LogP contribution in [0.15, 0.2) is 27.8 Å². The van der Waals surface area contributed by atoms with Crippen molar-refractivity contribution in [2.75, 3.05) is 40.3 Å². The van der Waals surface area contributed by atoms with E-state index in [0.29, 0.717) is 31.4 Å². The highest BCUT2D eigenvalue weighted by molar-refractivity contribution is 5.91. The van der Waals surface area contributed by atoms with E-state index in [2.05, 4.69) is 20.9 Å². The van der Waals surface area contributed by atoms with Crippen LogP contribution in [0.5, 0.6) is 0 Å². The third kappa shape index (κ3) is 5.74. The van der Waals surface area contributed by atoms with Gasteiger partial charge >= 0.3 is 0 Å². The summed E-state index contributed by atoms with van der Waals surface area (Å²) in [7, 11) is 3.61. The molecule has 0 radical (unpaired) electrons. The fourth-order valence-corrected chi connectivity index (χ4v) is 3.39. The molecule has 1 aromatic heterocycles. The Hall–Kier alpha value is -2.51. The lowest BCUT2D eigenvalue weighted by atomic mass is 9.85. The normalized spacial score (nSPS) is 16.0. The number of carbonyl (C=O) groups is 2. The molecule has 3 N–H and O–H groups in total. The highest BCUT2D eigenvalue weighted by atomic mass is 16.3. The number of hydrogen-bond donors (Lipinski definition) is 3. The van der Waals surface area contributed by atoms with Crippen molar-refractivity contribution in [2.24, 2.45) is 10.4 Å². The fourth-order valence-electron chi connectivity index (χ4n) is 3.39. The molecule has 0 spiro atoms. The molecule has 1 fully saturated rings. The van der Waals surface area contributed by atoms with Gasteiger partial charge in [0.2, 0.25) is 5.91 Å². The van der Waals surface area contributed by atoms with Gasteiger partial charge in [-0.05, 0) is 31.9 Å². The highest BCUT2D eigenvalue weighted by Crippen LogP contribution is 2.39. The van der Waals surface area contributed by atoms with Crippen molar-refractivity contribution in [1.82, 2.24) is 20.9 Å². The lowest BCUT2D eigenvalue weighted by Gasteiger charge is -2.29. The Morgan fingerprint density at radius 3 is 2.48 bits per heavy atom. The van der Waals surface area contributed by atoms with Crippen molar-refractivity contribution in [3.05, 3.63) is 24.2 Å². The van der Waals surface area contributed by atoms with Gasteiger partial charge in [-0.25, -0.2) is 0 Å². The van der Waals surface area contributed by atoms with Crippen LogP contribution in [-0.2, 0) is 4.79 Å². The van der Waals surface area contributed by atoms with Crippen LogP contribution >= 0.6 is 0 Å². The zero-order valence-corrected chi connectivity index (χ0v) is 16.5. The second-order valence-corrected chi connectivity index (χ2v) is 7.04. The van der Waals surface area contributed by atoms with Gasteiger partial charge in [-0.2, -0.15) is 0 Å². The number of nitrogens with zero attached hydrogens (tertiary/aromatic N) is 2. The van der Waals surface area contributed by atoms with E-state index >= 15 is 0 Å². The first-order valence-electron chi connectivity index (χ1n) is 9.54. The number of carbonyl (C=O) groups excluding carboxylic acids is 2. The molecule has 1 heterocycles. The molecule has 27 heavy (non-hydrogen) atoms. The van der Waals surface area contributed by atoms with Crippen molar-refractivity contribution in [1.29, 1.82) is 0 Å². The van der Waals surface area contributed by atoms with E-state index in [1.54, 1.807) is 31.1 Å². The summed E-state index contributed by atoms with van der Waals surface area (Å²) in [4.78, 5) is 30.8. The first-order chi connectivity index (χ1) is 13.0. The lowest BCUT2D eigenvalue weighted by Crippen LogP contribution is -2.44. The summed E-state index contributed by atoms with van der Waals surface area (Å²) in [6.45, 7) is 4.14. The Bertz CT molecular complexity index is 634. The second kappa shape index (κ2) is 9.99. The molecule has 150 valence electrons. The van der Waals surface area contributed by atoms with E-state index < -0.39 is 0 Å². The molecule has 1 aliphatic carbocycles. The Balaban J connectivity index is 1.87. The predicted molar refractivity (Wildman–Crippen MR) is 105 cm³/mol. The Kier molecular flexibility index (Phi) is 7.69. The van der Waals surface area contributed by atoms with Gasteiger partial charge in [0.15, 0.2) is 11.7 Å². The Labute approximate surface area is 160 Å². The van der Waals surface area contributed by atoms with Gasteiger partial charge in [-0.1, -0.05) is 12.8 Å². The van der Waals surface area contributed by atoms with Gasteiger partial charge in [-0.3, -0.25) is 14.6 Å². The molecule has 0 aromatic carbocycles. The fraction of sp³-hybridized carbons (Fsp3) is 0.632. The molecule has 2 amide bonds. The minimum atomic E-state index is -0.390. The summed E-state index contributed by atoms with van der Waals surface area (Å²) in [5.41, 5.74) is -0.390. The zero-order chi connectivity index (χ0) is 19.7. The number of furan rings is 1. The second-order valence-electron chi connectivity index (χ2n) is 7.04. The van der Waals surface area contributed by atoms with Crippen LogP contribution < -0.4 is 16.0 Å². The molecular weight excluding hydrogens is 346 g/mol. The van der Waals surface area contributed by atoms with E-state index in [0.717, 1.165) is 32.2 Å². The summed E-state index contributed by atoms with van der Waals surface area (Å²) in [6, 6.07) is 3.30. The molecule has 0 saturated heterocycles. The third-order valence-corrected chi connectivity index (χ3v) is 4.75. The van der Waals surface area contributed by atoms with Crippen LogP contribution in [0.4, 0.5) is 0 Å². The van der Waals surface area contributed by atoms with Crippen LogP contribution in [0.1, 0.15) is 43.2 Å². The minimum Gasteiger partial charge on any atom is -0.459 e. The molecule has 8 heteroatoms. The molecule has 0 unspecified atom stereocenters. The van der Waals surface area contributed by atoms with Crippen LogP contribution in [0.25, 0.3) is 0 Å². The quantitative estimate of drug-likeness (QED) is 0.359. The van der Waals surface area contributed by atoms with Crippen molar-refractivity contribution in [3.63, 3.8) is 0 Å². The maximum Gasteiger partial charge on any atom is 0.287 e. The number of rotatable bonds is 8. The molecule has 0 atom stereocenters. The molecule has 1 aromatic rings. The average Bonchev–Trinajstić information content (AvgIpc) is 3.34. The zero-order valence-electron chi connectivity index (χ0n) is 16.5. The van der Waals surface area contributed by atoms with E-state index in [1.165, 1.54) is 6.26 Å². The van der Waals surface area contributed by atoms with E-state index in [9.17, 15) is 9.59 Å². The Morgan fingerprint density at radius 2 is 1.89 bits per heavy atom. The minimum absolute atomic E-state index is 0.158. The molecule has 0 aliphatic heterocycles.